The molecule has 136 valence electrons. The number of nitro groups is 1. The van der Waals surface area contributed by atoms with E-state index in [2.05, 4.69) is 25.7 Å². The van der Waals surface area contributed by atoms with E-state index >= 15 is 0 Å². The van der Waals surface area contributed by atoms with Crippen molar-refractivity contribution in [1.29, 1.82) is 0 Å². The second kappa shape index (κ2) is 7.74. The minimum atomic E-state index is -0.417. The second-order valence-electron chi connectivity index (χ2n) is 5.64. The van der Waals surface area contributed by atoms with Crippen molar-refractivity contribution in [2.45, 2.75) is 13.5 Å². The topological polar surface area (TPSA) is 120 Å². The maximum absolute atomic E-state index is 10.9. The molecule has 3 rings (SSSR count). The lowest BCUT2D eigenvalue weighted by Crippen LogP contribution is -2.17. The molecule has 0 fully saturated rings. The first kappa shape index (κ1) is 17.5. The zero-order valence-electron chi connectivity index (χ0n) is 14.5. The van der Waals surface area contributed by atoms with Crippen molar-refractivity contribution in [3.63, 3.8) is 0 Å². The molecule has 2 aromatic heterocycles. The van der Waals surface area contributed by atoms with Crippen LogP contribution in [0.3, 0.4) is 0 Å². The SMILES string of the molecule is COCc1cc([N+](=O)[O-])ccc1NCCNc1cc(C)nc2ncnn12. The summed E-state index contributed by atoms with van der Waals surface area (Å²) in [5.74, 6) is 1.34. The summed E-state index contributed by atoms with van der Waals surface area (Å²) in [7, 11) is 1.55. The Morgan fingerprint density at radius 1 is 1.27 bits per heavy atom. The van der Waals surface area contributed by atoms with E-state index in [9.17, 15) is 10.1 Å². The molecule has 10 heteroatoms. The summed E-state index contributed by atoms with van der Waals surface area (Å²) in [5.41, 5.74) is 2.43. The highest BCUT2D eigenvalue weighted by Gasteiger charge is 2.11. The third-order valence-electron chi connectivity index (χ3n) is 3.73. The molecule has 0 unspecified atom stereocenters. The molecular formula is C16H19N7O3. The first-order valence-electron chi connectivity index (χ1n) is 8.00. The highest BCUT2D eigenvalue weighted by atomic mass is 16.6. The van der Waals surface area contributed by atoms with Crippen molar-refractivity contribution in [1.82, 2.24) is 19.6 Å². The number of benzene rings is 1. The largest absolute Gasteiger partial charge is 0.383 e. The van der Waals surface area contributed by atoms with Gasteiger partial charge in [-0.05, 0) is 13.0 Å². The van der Waals surface area contributed by atoms with E-state index in [0.29, 0.717) is 25.5 Å². The molecule has 0 aliphatic heterocycles. The van der Waals surface area contributed by atoms with Crippen LogP contribution in [-0.4, -0.2) is 44.7 Å². The summed E-state index contributed by atoms with van der Waals surface area (Å²) in [6, 6.07) is 6.58. The molecular weight excluding hydrogens is 338 g/mol. The zero-order valence-corrected chi connectivity index (χ0v) is 14.5. The monoisotopic (exact) mass is 357 g/mol. The Hall–Kier alpha value is -3.27. The van der Waals surface area contributed by atoms with Crippen LogP contribution in [0.5, 0.6) is 0 Å². The lowest BCUT2D eigenvalue weighted by molar-refractivity contribution is -0.384. The van der Waals surface area contributed by atoms with E-state index in [1.165, 1.54) is 18.5 Å². The fraction of sp³-hybridized carbons (Fsp3) is 0.312. The Morgan fingerprint density at radius 2 is 2.08 bits per heavy atom. The lowest BCUT2D eigenvalue weighted by Gasteiger charge is -2.13. The lowest BCUT2D eigenvalue weighted by atomic mass is 10.1. The number of ether oxygens (including phenoxy) is 1. The summed E-state index contributed by atoms with van der Waals surface area (Å²) in [6.07, 6.45) is 1.46. The third kappa shape index (κ3) is 3.86. The number of methoxy groups -OCH3 is 1. The Labute approximate surface area is 149 Å². The Balaban J connectivity index is 1.64. The van der Waals surface area contributed by atoms with Crippen LogP contribution in [0, 0.1) is 17.0 Å². The number of fused-ring (bicyclic) bond motifs is 1. The van der Waals surface area contributed by atoms with E-state index in [1.807, 2.05) is 13.0 Å². The van der Waals surface area contributed by atoms with E-state index in [1.54, 1.807) is 17.7 Å². The summed E-state index contributed by atoms with van der Waals surface area (Å²) in [4.78, 5) is 18.9. The molecule has 3 aromatic rings. The molecule has 0 amide bonds. The van der Waals surface area contributed by atoms with Crippen LogP contribution in [0.4, 0.5) is 17.2 Å². The minimum absolute atomic E-state index is 0.0431. The van der Waals surface area contributed by atoms with Gasteiger partial charge in [0.25, 0.3) is 11.5 Å². The first-order valence-corrected chi connectivity index (χ1v) is 8.00. The van der Waals surface area contributed by atoms with Crippen molar-refractivity contribution in [2.75, 3.05) is 30.8 Å². The van der Waals surface area contributed by atoms with E-state index in [0.717, 1.165) is 22.8 Å². The fourth-order valence-electron chi connectivity index (χ4n) is 2.59. The normalized spacial score (nSPS) is 10.8. The van der Waals surface area contributed by atoms with E-state index < -0.39 is 4.92 Å². The number of aromatic nitrogens is 4. The van der Waals surface area contributed by atoms with Gasteiger partial charge in [-0.2, -0.15) is 14.6 Å². The molecule has 0 spiro atoms. The molecule has 0 saturated heterocycles. The molecule has 2 N–H and O–H groups in total. The number of non-ortho nitro benzene ring substituents is 1. The molecule has 0 radical (unpaired) electrons. The quantitative estimate of drug-likeness (QED) is 0.357. The molecule has 0 bridgehead atoms. The molecule has 10 nitrogen and oxygen atoms in total. The summed E-state index contributed by atoms with van der Waals surface area (Å²) in [6.45, 7) is 3.40. The average Bonchev–Trinajstić information content (AvgIpc) is 3.08. The number of aryl methyl sites for hydroxylation is 1. The Morgan fingerprint density at radius 3 is 2.85 bits per heavy atom. The van der Waals surface area contributed by atoms with Crippen molar-refractivity contribution < 1.29 is 9.66 Å². The second-order valence-corrected chi connectivity index (χ2v) is 5.64. The molecule has 1 aromatic carbocycles. The molecule has 2 heterocycles. The highest BCUT2D eigenvalue weighted by molar-refractivity contribution is 5.56. The van der Waals surface area contributed by atoms with E-state index in [-0.39, 0.29) is 5.69 Å². The number of rotatable bonds is 8. The van der Waals surface area contributed by atoms with Crippen LogP contribution in [0.2, 0.25) is 0 Å². The van der Waals surface area contributed by atoms with Crippen molar-refractivity contribution in [2.24, 2.45) is 0 Å². The minimum Gasteiger partial charge on any atom is -0.383 e. The first-order chi connectivity index (χ1) is 12.6. The van der Waals surface area contributed by atoms with Gasteiger partial charge < -0.3 is 15.4 Å². The van der Waals surface area contributed by atoms with Crippen molar-refractivity contribution in [3.8, 4) is 0 Å². The number of nitrogens with one attached hydrogen (secondary N) is 2. The number of nitrogens with zero attached hydrogens (tertiary/aromatic N) is 5. The number of hydrogen-bond acceptors (Lipinski definition) is 8. The van der Waals surface area contributed by atoms with Crippen LogP contribution in [-0.2, 0) is 11.3 Å². The van der Waals surface area contributed by atoms with Gasteiger partial charge in [0.15, 0.2) is 0 Å². The van der Waals surface area contributed by atoms with Crippen LogP contribution >= 0.6 is 0 Å². The smallest absolute Gasteiger partial charge is 0.269 e. The molecule has 0 atom stereocenters. The van der Waals surface area contributed by atoms with Gasteiger partial charge in [0.1, 0.15) is 12.1 Å². The van der Waals surface area contributed by atoms with E-state index in [4.69, 9.17) is 4.74 Å². The van der Waals surface area contributed by atoms with Gasteiger partial charge in [-0.15, -0.1) is 0 Å². The molecule has 0 aliphatic carbocycles. The molecule has 26 heavy (non-hydrogen) atoms. The van der Waals surface area contributed by atoms with Crippen LogP contribution in [0.25, 0.3) is 5.78 Å². The number of anilines is 2. The highest BCUT2D eigenvalue weighted by Crippen LogP contribution is 2.22. The standard InChI is InChI=1S/C16H19N7O3/c1-11-7-15(22-16(21-11)19-10-20-22)18-6-5-17-14-4-3-13(23(24)25)8-12(14)9-26-2/h3-4,7-8,10,17-18H,5-6,9H2,1-2H3. The summed E-state index contributed by atoms with van der Waals surface area (Å²) < 4.78 is 6.76. The van der Waals surface area contributed by atoms with Gasteiger partial charge >= 0.3 is 0 Å². The van der Waals surface area contributed by atoms with Gasteiger partial charge in [0, 0.05) is 55.3 Å². The van der Waals surface area contributed by atoms with Gasteiger partial charge in [-0.1, -0.05) is 0 Å². The Kier molecular flexibility index (Phi) is 5.23. The summed E-state index contributed by atoms with van der Waals surface area (Å²) >= 11 is 0. The third-order valence-corrected chi connectivity index (χ3v) is 3.73. The average molecular weight is 357 g/mol. The zero-order chi connectivity index (χ0) is 18.5. The van der Waals surface area contributed by atoms with Crippen molar-refractivity contribution >= 4 is 23.0 Å². The fourth-order valence-corrected chi connectivity index (χ4v) is 2.59. The van der Waals surface area contributed by atoms with Crippen LogP contribution in [0.15, 0.2) is 30.6 Å². The molecule has 0 saturated carbocycles. The predicted octanol–water partition coefficient (Wildman–Crippen LogP) is 2.01. The number of nitro benzene ring substituents is 1. The van der Waals surface area contributed by atoms with Crippen molar-refractivity contribution in [3.05, 3.63) is 52.0 Å². The van der Waals surface area contributed by atoms with Gasteiger partial charge in [0.2, 0.25) is 0 Å². The maximum atomic E-state index is 10.9. The van der Waals surface area contributed by atoms with Crippen LogP contribution < -0.4 is 10.6 Å². The predicted molar refractivity (Wildman–Crippen MR) is 96.3 cm³/mol. The van der Waals surface area contributed by atoms with Gasteiger partial charge in [-0.3, -0.25) is 10.1 Å². The maximum Gasteiger partial charge on any atom is 0.269 e. The Bertz CT molecular complexity index is 925. The van der Waals surface area contributed by atoms with Gasteiger partial charge in [0.05, 0.1) is 11.5 Å². The van der Waals surface area contributed by atoms with Gasteiger partial charge in [-0.25, -0.2) is 4.98 Å². The number of hydrogen-bond donors (Lipinski definition) is 2. The summed E-state index contributed by atoms with van der Waals surface area (Å²) in [5, 5.41) is 21.6. The van der Waals surface area contributed by atoms with Crippen LogP contribution in [0.1, 0.15) is 11.3 Å². The molecule has 0 aliphatic rings.